The molecule has 0 aliphatic carbocycles. The molecule has 1 amide bonds. The van der Waals surface area contributed by atoms with E-state index in [9.17, 15) is 9.18 Å². The zero-order chi connectivity index (χ0) is 20.9. The van der Waals surface area contributed by atoms with E-state index < -0.39 is 0 Å². The minimum Gasteiger partial charge on any atom is -0.489 e. The summed E-state index contributed by atoms with van der Waals surface area (Å²) in [5.41, 5.74) is 2.29. The number of amidine groups is 1. The Balaban J connectivity index is 1.46. The molecule has 0 saturated carbocycles. The van der Waals surface area contributed by atoms with Crippen molar-refractivity contribution in [1.82, 2.24) is 5.32 Å². The Hall–Kier alpha value is -3.09. The van der Waals surface area contributed by atoms with E-state index >= 15 is 0 Å². The van der Waals surface area contributed by atoms with Gasteiger partial charge >= 0.3 is 0 Å². The van der Waals surface area contributed by atoms with Crippen LogP contribution in [0.4, 0.5) is 10.1 Å². The quantitative estimate of drug-likeness (QED) is 0.501. The first-order valence-electron chi connectivity index (χ1n) is 9.08. The number of thioether (sulfide) groups is 1. The Morgan fingerprint density at radius 1 is 1.07 bits per heavy atom. The molecular weight excluding hydrogens is 423 g/mol. The van der Waals surface area contributed by atoms with E-state index in [0.29, 0.717) is 33.1 Å². The maximum atomic E-state index is 13.0. The van der Waals surface area contributed by atoms with Gasteiger partial charge in [0.15, 0.2) is 5.17 Å². The number of para-hydroxylation sites is 1. The van der Waals surface area contributed by atoms with Crippen molar-refractivity contribution in [2.24, 2.45) is 4.99 Å². The van der Waals surface area contributed by atoms with E-state index in [1.165, 1.54) is 23.9 Å². The van der Waals surface area contributed by atoms with E-state index in [1.54, 1.807) is 30.3 Å². The highest BCUT2D eigenvalue weighted by atomic mass is 35.5. The zero-order valence-electron chi connectivity index (χ0n) is 15.6. The number of rotatable bonds is 5. The van der Waals surface area contributed by atoms with Gasteiger partial charge in [0.1, 0.15) is 18.2 Å². The molecule has 30 heavy (non-hydrogen) atoms. The first kappa shape index (κ1) is 20.2. The second-order valence-electron chi connectivity index (χ2n) is 6.42. The molecule has 1 aliphatic rings. The zero-order valence-corrected chi connectivity index (χ0v) is 17.2. The Morgan fingerprint density at radius 2 is 1.87 bits per heavy atom. The highest BCUT2D eigenvalue weighted by molar-refractivity contribution is 8.18. The molecule has 1 fully saturated rings. The lowest BCUT2D eigenvalue weighted by Gasteiger charge is -2.07. The molecule has 0 aromatic heterocycles. The van der Waals surface area contributed by atoms with Crippen LogP contribution >= 0.6 is 23.4 Å². The molecule has 3 aromatic rings. The highest BCUT2D eigenvalue weighted by Crippen LogP contribution is 2.31. The number of carbonyl (C=O) groups is 1. The van der Waals surface area contributed by atoms with Gasteiger partial charge in [-0.25, -0.2) is 9.38 Å². The van der Waals surface area contributed by atoms with Crippen LogP contribution in [0.3, 0.4) is 0 Å². The predicted octanol–water partition coefficient (Wildman–Crippen LogP) is 5.95. The number of hydrogen-bond donors (Lipinski definition) is 1. The summed E-state index contributed by atoms with van der Waals surface area (Å²) in [6.45, 7) is 0.324. The van der Waals surface area contributed by atoms with Crippen LogP contribution in [0.15, 0.2) is 82.7 Å². The van der Waals surface area contributed by atoms with E-state index in [0.717, 1.165) is 11.1 Å². The number of nitrogens with zero attached hydrogens (tertiary/aromatic N) is 1. The minimum absolute atomic E-state index is 0.219. The molecule has 0 radical (unpaired) electrons. The van der Waals surface area contributed by atoms with Gasteiger partial charge in [0.05, 0.1) is 15.6 Å². The first-order chi connectivity index (χ1) is 14.6. The Labute approximate surface area is 182 Å². The molecule has 7 heteroatoms. The number of ether oxygens (including phenoxy) is 1. The van der Waals surface area contributed by atoms with E-state index in [-0.39, 0.29) is 11.7 Å². The van der Waals surface area contributed by atoms with Crippen molar-refractivity contribution in [3.05, 3.63) is 99.7 Å². The molecule has 0 atom stereocenters. The molecule has 1 heterocycles. The van der Waals surface area contributed by atoms with Crippen LogP contribution in [0.25, 0.3) is 6.08 Å². The summed E-state index contributed by atoms with van der Waals surface area (Å²) in [5, 5.41) is 3.74. The molecule has 0 bridgehead atoms. The summed E-state index contributed by atoms with van der Waals surface area (Å²) >= 11 is 7.38. The average molecular weight is 439 g/mol. The van der Waals surface area contributed by atoms with Crippen molar-refractivity contribution in [3.63, 3.8) is 0 Å². The van der Waals surface area contributed by atoms with E-state index in [1.807, 2.05) is 36.4 Å². The molecule has 0 unspecified atom stereocenters. The molecular formula is C23H16ClFN2O2S. The van der Waals surface area contributed by atoms with Crippen LogP contribution in [0.1, 0.15) is 11.1 Å². The third kappa shape index (κ3) is 5.09. The number of halogens is 2. The number of benzene rings is 3. The second kappa shape index (κ2) is 9.15. The van der Waals surface area contributed by atoms with Crippen molar-refractivity contribution in [1.29, 1.82) is 0 Å². The number of hydrogen-bond acceptors (Lipinski definition) is 4. The number of nitrogens with one attached hydrogen (secondary N) is 1. The normalized spacial score (nSPS) is 16.1. The predicted molar refractivity (Wildman–Crippen MR) is 119 cm³/mol. The van der Waals surface area contributed by atoms with Gasteiger partial charge in [-0.1, -0.05) is 48.0 Å². The fraction of sp³-hybridized carbons (Fsp3) is 0.0435. The minimum atomic E-state index is -0.280. The van der Waals surface area contributed by atoms with Gasteiger partial charge in [-0.2, -0.15) is 0 Å². The van der Waals surface area contributed by atoms with Gasteiger partial charge in [-0.3, -0.25) is 4.79 Å². The van der Waals surface area contributed by atoms with E-state index in [4.69, 9.17) is 16.3 Å². The molecule has 1 saturated heterocycles. The van der Waals surface area contributed by atoms with Gasteiger partial charge in [0.25, 0.3) is 5.91 Å². The largest absolute Gasteiger partial charge is 0.489 e. The Morgan fingerprint density at radius 3 is 2.67 bits per heavy atom. The lowest BCUT2D eigenvalue weighted by atomic mass is 10.2. The summed E-state index contributed by atoms with van der Waals surface area (Å²) in [5.74, 6) is 0.155. The molecule has 4 rings (SSSR count). The fourth-order valence-electron chi connectivity index (χ4n) is 2.73. The molecule has 150 valence electrons. The molecule has 1 aliphatic heterocycles. The van der Waals surface area contributed by atoms with Gasteiger partial charge in [-0.15, -0.1) is 0 Å². The van der Waals surface area contributed by atoms with Crippen molar-refractivity contribution in [2.45, 2.75) is 6.61 Å². The topological polar surface area (TPSA) is 50.7 Å². The van der Waals surface area contributed by atoms with Gasteiger partial charge in [0, 0.05) is 0 Å². The van der Waals surface area contributed by atoms with Crippen LogP contribution in [-0.2, 0) is 11.4 Å². The smallest absolute Gasteiger partial charge is 0.264 e. The van der Waals surface area contributed by atoms with Crippen LogP contribution < -0.4 is 10.1 Å². The number of amides is 1. The first-order valence-corrected chi connectivity index (χ1v) is 10.3. The number of carbonyl (C=O) groups excluding carboxylic acids is 1. The Bertz CT molecular complexity index is 1150. The van der Waals surface area contributed by atoms with Crippen LogP contribution in [-0.4, -0.2) is 11.1 Å². The molecule has 1 N–H and O–H groups in total. The molecule has 4 nitrogen and oxygen atoms in total. The SMILES string of the molecule is O=C1NC(=Nc2ccccc2Cl)S/C1=C/c1cccc(OCc2ccc(F)cc2)c1. The van der Waals surface area contributed by atoms with Crippen LogP contribution in [0.2, 0.25) is 5.02 Å². The molecule has 3 aromatic carbocycles. The van der Waals surface area contributed by atoms with E-state index in [2.05, 4.69) is 10.3 Å². The maximum Gasteiger partial charge on any atom is 0.264 e. The fourth-order valence-corrected chi connectivity index (χ4v) is 3.74. The van der Waals surface area contributed by atoms with Crippen molar-refractivity contribution >= 4 is 46.2 Å². The summed E-state index contributed by atoms with van der Waals surface area (Å²) < 4.78 is 18.8. The third-order valence-corrected chi connectivity index (χ3v) is 5.43. The van der Waals surface area contributed by atoms with Gasteiger partial charge in [0.2, 0.25) is 0 Å². The lowest BCUT2D eigenvalue weighted by molar-refractivity contribution is -0.115. The van der Waals surface area contributed by atoms with Crippen LogP contribution in [0, 0.1) is 5.82 Å². The van der Waals surface area contributed by atoms with Crippen molar-refractivity contribution < 1.29 is 13.9 Å². The second-order valence-corrected chi connectivity index (χ2v) is 7.86. The Kier molecular flexibility index (Phi) is 6.16. The van der Waals surface area contributed by atoms with Gasteiger partial charge in [-0.05, 0) is 65.4 Å². The summed E-state index contributed by atoms with van der Waals surface area (Å²) in [6, 6.07) is 20.8. The summed E-state index contributed by atoms with van der Waals surface area (Å²) in [7, 11) is 0. The summed E-state index contributed by atoms with van der Waals surface area (Å²) in [4.78, 5) is 17.2. The maximum absolute atomic E-state index is 13.0. The average Bonchev–Trinajstić information content (AvgIpc) is 3.08. The van der Waals surface area contributed by atoms with Crippen molar-refractivity contribution in [3.8, 4) is 5.75 Å². The molecule has 0 spiro atoms. The van der Waals surface area contributed by atoms with Crippen molar-refractivity contribution in [2.75, 3.05) is 0 Å². The van der Waals surface area contributed by atoms with Crippen LogP contribution in [0.5, 0.6) is 5.75 Å². The van der Waals surface area contributed by atoms with Gasteiger partial charge < -0.3 is 10.1 Å². The lowest BCUT2D eigenvalue weighted by Crippen LogP contribution is -2.19. The summed E-state index contributed by atoms with van der Waals surface area (Å²) in [6.07, 6.45) is 1.78. The highest BCUT2D eigenvalue weighted by Gasteiger charge is 2.24. The monoisotopic (exact) mass is 438 g/mol. The number of aliphatic imine (C=N–C) groups is 1. The standard InChI is InChI=1S/C23H16ClFN2O2S/c24-19-6-1-2-7-20(19)26-23-27-22(28)21(30-23)13-16-4-3-5-18(12-16)29-14-15-8-10-17(25)11-9-15/h1-13H,14H2,(H,26,27,28)/b21-13+. The third-order valence-electron chi connectivity index (χ3n) is 4.20.